The molecule has 0 unspecified atom stereocenters. The average molecular weight is 378 g/mol. The first kappa shape index (κ1) is 16.1. The van der Waals surface area contributed by atoms with Crippen molar-refractivity contribution in [2.45, 2.75) is 33.2 Å². The molecular weight excluding hydrogens is 355 g/mol. The molecule has 1 aromatic carbocycles. The van der Waals surface area contributed by atoms with Gasteiger partial charge in [0.1, 0.15) is 0 Å². The highest BCUT2D eigenvalue weighted by atomic mass is 127. The molecule has 0 saturated carbocycles. The first-order valence-electron chi connectivity index (χ1n) is 6.44. The summed E-state index contributed by atoms with van der Waals surface area (Å²) < 4.78 is 12.5. The Kier molecular flexibility index (Phi) is 6.83. The highest BCUT2D eigenvalue weighted by Gasteiger charge is 2.22. The van der Waals surface area contributed by atoms with Crippen molar-refractivity contribution < 1.29 is 9.47 Å². The molecule has 1 rings (SSSR count). The van der Waals surface area contributed by atoms with Gasteiger partial charge in [0.05, 0.1) is 8.07 Å². The molecule has 1 aromatic rings. The summed E-state index contributed by atoms with van der Waals surface area (Å²) in [6, 6.07) is 8.77. The van der Waals surface area contributed by atoms with Gasteiger partial charge in [0.25, 0.3) is 0 Å². The normalized spacial score (nSPS) is 12.1. The van der Waals surface area contributed by atoms with Gasteiger partial charge >= 0.3 is 0 Å². The van der Waals surface area contributed by atoms with E-state index in [-0.39, 0.29) is 6.29 Å². The third-order valence-electron chi connectivity index (χ3n) is 2.93. The zero-order valence-electron chi connectivity index (χ0n) is 11.7. The SMILES string of the molecule is CCOC(OCC)c1ccc([Si](C)(C)CI)cc1. The highest BCUT2D eigenvalue weighted by Crippen LogP contribution is 2.19. The average Bonchev–Trinajstić information content (AvgIpc) is 2.39. The minimum Gasteiger partial charge on any atom is -0.349 e. The van der Waals surface area contributed by atoms with Gasteiger partial charge in [-0.25, -0.2) is 0 Å². The molecule has 4 heteroatoms. The van der Waals surface area contributed by atoms with E-state index in [1.165, 1.54) is 9.24 Å². The predicted octanol–water partition coefficient (Wildman–Crippen LogP) is 3.65. The van der Waals surface area contributed by atoms with Crippen LogP contribution in [-0.2, 0) is 9.47 Å². The molecule has 0 aliphatic carbocycles. The van der Waals surface area contributed by atoms with Gasteiger partial charge in [-0.3, -0.25) is 0 Å². The molecule has 18 heavy (non-hydrogen) atoms. The van der Waals surface area contributed by atoms with Crippen molar-refractivity contribution in [3.63, 3.8) is 0 Å². The van der Waals surface area contributed by atoms with Crippen LogP contribution in [0.2, 0.25) is 13.1 Å². The zero-order chi connectivity index (χ0) is 13.6. The smallest absolute Gasteiger partial charge is 0.183 e. The van der Waals surface area contributed by atoms with E-state index in [0.29, 0.717) is 13.2 Å². The molecule has 0 aliphatic rings. The Balaban J connectivity index is 2.86. The lowest BCUT2D eigenvalue weighted by molar-refractivity contribution is -0.140. The van der Waals surface area contributed by atoms with E-state index in [2.05, 4.69) is 60.0 Å². The number of ether oxygens (including phenoxy) is 2. The minimum atomic E-state index is -1.24. The van der Waals surface area contributed by atoms with E-state index >= 15 is 0 Å². The Morgan fingerprint density at radius 3 is 1.94 bits per heavy atom. The maximum atomic E-state index is 5.61. The van der Waals surface area contributed by atoms with Crippen LogP contribution in [0, 0.1) is 0 Å². The number of benzene rings is 1. The Morgan fingerprint density at radius 1 is 1.06 bits per heavy atom. The van der Waals surface area contributed by atoms with Crippen LogP contribution in [0.15, 0.2) is 24.3 Å². The van der Waals surface area contributed by atoms with Crippen molar-refractivity contribution >= 4 is 35.9 Å². The second kappa shape index (κ2) is 7.62. The van der Waals surface area contributed by atoms with Gasteiger partial charge in [0.2, 0.25) is 0 Å². The van der Waals surface area contributed by atoms with Crippen LogP contribution >= 0.6 is 22.6 Å². The number of hydrogen-bond donors (Lipinski definition) is 0. The molecule has 0 aromatic heterocycles. The molecule has 0 amide bonds. The van der Waals surface area contributed by atoms with Crippen LogP contribution in [0.5, 0.6) is 0 Å². The Labute approximate surface area is 125 Å². The van der Waals surface area contributed by atoms with E-state index in [0.717, 1.165) is 5.56 Å². The molecule has 0 atom stereocenters. The molecule has 0 N–H and O–H groups in total. The highest BCUT2D eigenvalue weighted by molar-refractivity contribution is 14.1. The lowest BCUT2D eigenvalue weighted by Crippen LogP contribution is -2.43. The Bertz CT molecular complexity index is 345. The Hall–Kier alpha value is 0.0869. The van der Waals surface area contributed by atoms with Crippen LogP contribution in [0.25, 0.3) is 0 Å². The molecule has 0 saturated heterocycles. The number of hydrogen-bond acceptors (Lipinski definition) is 2. The van der Waals surface area contributed by atoms with Gasteiger partial charge in [-0.05, 0) is 17.9 Å². The number of rotatable bonds is 7. The fourth-order valence-corrected chi connectivity index (χ4v) is 4.26. The third kappa shape index (κ3) is 4.33. The molecule has 0 aliphatic heterocycles. The van der Waals surface area contributed by atoms with Gasteiger partial charge in [-0.2, -0.15) is 0 Å². The van der Waals surface area contributed by atoms with Crippen LogP contribution in [0.1, 0.15) is 25.7 Å². The monoisotopic (exact) mass is 378 g/mol. The van der Waals surface area contributed by atoms with Gasteiger partial charge in [-0.15, -0.1) is 0 Å². The van der Waals surface area contributed by atoms with E-state index in [4.69, 9.17) is 9.47 Å². The zero-order valence-corrected chi connectivity index (χ0v) is 14.9. The summed E-state index contributed by atoms with van der Waals surface area (Å²) >= 11 is 2.49. The molecule has 0 radical (unpaired) electrons. The van der Waals surface area contributed by atoms with Gasteiger partial charge in [0.15, 0.2) is 6.29 Å². The molecule has 0 fully saturated rings. The van der Waals surface area contributed by atoms with Crippen molar-refractivity contribution in [1.29, 1.82) is 0 Å². The van der Waals surface area contributed by atoms with Crippen molar-refractivity contribution in [3.05, 3.63) is 29.8 Å². The lowest BCUT2D eigenvalue weighted by Gasteiger charge is -2.22. The van der Waals surface area contributed by atoms with Crippen LogP contribution < -0.4 is 5.19 Å². The summed E-state index contributed by atoms with van der Waals surface area (Å²) in [5, 5.41) is 1.49. The number of halogens is 1. The standard InChI is InChI=1S/C14H23IO2Si/c1-5-16-14(17-6-2)12-7-9-13(10-8-12)18(3,4)11-15/h7-10,14H,5-6,11H2,1-4H3. The fourth-order valence-electron chi connectivity index (χ4n) is 1.71. The first-order chi connectivity index (χ1) is 8.55. The topological polar surface area (TPSA) is 18.5 Å². The predicted molar refractivity (Wildman–Crippen MR) is 88.4 cm³/mol. The summed E-state index contributed by atoms with van der Waals surface area (Å²) in [4.78, 5) is 0. The van der Waals surface area contributed by atoms with Crippen molar-refractivity contribution in [2.24, 2.45) is 0 Å². The molecule has 0 heterocycles. The second-order valence-corrected chi connectivity index (χ2v) is 11.8. The maximum Gasteiger partial charge on any atom is 0.183 e. The summed E-state index contributed by atoms with van der Waals surface area (Å²) in [6.45, 7) is 10.1. The maximum absolute atomic E-state index is 5.61. The minimum absolute atomic E-state index is 0.224. The second-order valence-electron chi connectivity index (χ2n) is 4.88. The van der Waals surface area contributed by atoms with Crippen LogP contribution in [-0.4, -0.2) is 25.3 Å². The van der Waals surface area contributed by atoms with Gasteiger partial charge < -0.3 is 9.47 Å². The van der Waals surface area contributed by atoms with E-state index in [1.54, 1.807) is 0 Å². The Morgan fingerprint density at radius 2 is 1.56 bits per heavy atom. The van der Waals surface area contributed by atoms with E-state index < -0.39 is 8.07 Å². The molecule has 0 bridgehead atoms. The van der Waals surface area contributed by atoms with Crippen molar-refractivity contribution in [3.8, 4) is 0 Å². The summed E-state index contributed by atoms with van der Waals surface area (Å²) in [7, 11) is -1.24. The molecule has 102 valence electrons. The van der Waals surface area contributed by atoms with Gasteiger partial charge in [0, 0.05) is 18.8 Å². The quantitative estimate of drug-likeness (QED) is 0.312. The largest absolute Gasteiger partial charge is 0.349 e. The lowest BCUT2D eigenvalue weighted by atomic mass is 10.2. The van der Waals surface area contributed by atoms with Crippen molar-refractivity contribution in [1.82, 2.24) is 0 Å². The van der Waals surface area contributed by atoms with E-state index in [9.17, 15) is 0 Å². The summed E-state index contributed by atoms with van der Waals surface area (Å²) in [6.07, 6.45) is -0.224. The van der Waals surface area contributed by atoms with Crippen molar-refractivity contribution in [2.75, 3.05) is 17.3 Å². The summed E-state index contributed by atoms with van der Waals surface area (Å²) in [5.41, 5.74) is 1.11. The van der Waals surface area contributed by atoms with Crippen LogP contribution in [0.4, 0.5) is 0 Å². The van der Waals surface area contributed by atoms with Gasteiger partial charge in [-0.1, -0.05) is 65.1 Å². The fraction of sp³-hybridized carbons (Fsp3) is 0.571. The summed E-state index contributed by atoms with van der Waals surface area (Å²) in [5.74, 6) is 0. The van der Waals surface area contributed by atoms with E-state index in [1.807, 2.05) is 13.8 Å². The molecular formula is C14H23IO2Si. The molecule has 2 nitrogen and oxygen atoms in total. The van der Waals surface area contributed by atoms with Crippen LogP contribution in [0.3, 0.4) is 0 Å². The number of alkyl halides is 1. The third-order valence-corrected chi connectivity index (χ3v) is 11.2. The molecule has 0 spiro atoms. The first-order valence-corrected chi connectivity index (χ1v) is 11.2.